The van der Waals surface area contributed by atoms with Crippen molar-refractivity contribution in [1.82, 2.24) is 4.41 Å². The second kappa shape index (κ2) is 3.83. The molecule has 0 rings (SSSR count). The van der Waals surface area contributed by atoms with E-state index in [-0.39, 0.29) is 4.41 Å². The molecule has 0 aromatic heterocycles. The van der Waals surface area contributed by atoms with Crippen LogP contribution in [-0.2, 0) is 16.0 Å². The van der Waals surface area contributed by atoms with Gasteiger partial charge in [0.15, 0.2) is 0 Å². The molecule has 0 heterocycles. The fourth-order valence-electron chi connectivity index (χ4n) is 0.371. The Morgan fingerprint density at radius 2 is 2.00 bits per heavy atom. The lowest BCUT2D eigenvalue weighted by atomic mass is 10.2. The van der Waals surface area contributed by atoms with Gasteiger partial charge in [0.25, 0.3) is 11.3 Å². The highest BCUT2D eigenvalue weighted by atomic mass is 32.2. The first-order chi connectivity index (χ1) is 5.24. The third-order valence-corrected chi connectivity index (χ3v) is 1.23. The van der Waals surface area contributed by atoms with Gasteiger partial charge in [0.05, 0.1) is 0 Å². The van der Waals surface area contributed by atoms with Crippen LogP contribution in [0.1, 0.15) is 20.8 Å². The topological polar surface area (TPSA) is 92.9 Å². The molecule has 0 bridgehead atoms. The van der Waals surface area contributed by atoms with Gasteiger partial charge in [0, 0.05) is 0 Å². The van der Waals surface area contributed by atoms with E-state index in [1.807, 2.05) is 0 Å². The predicted molar refractivity (Wildman–Crippen MR) is 43.0 cm³/mol. The first-order valence-corrected chi connectivity index (χ1v) is 4.19. The molecule has 0 saturated heterocycles. The Morgan fingerprint density at radius 3 is 2.25 bits per heavy atom. The third-order valence-electron chi connectivity index (χ3n) is 0.742. The van der Waals surface area contributed by atoms with Crippen molar-refractivity contribution < 1.29 is 18.3 Å². The minimum atomic E-state index is -2.54. The van der Waals surface area contributed by atoms with E-state index < -0.39 is 23.0 Å². The Hall–Kier alpha value is -0.660. The first kappa shape index (κ1) is 11.3. The van der Waals surface area contributed by atoms with Crippen molar-refractivity contribution >= 4 is 17.4 Å². The average molecular weight is 196 g/mol. The van der Waals surface area contributed by atoms with E-state index >= 15 is 0 Å². The van der Waals surface area contributed by atoms with Crippen molar-refractivity contribution in [2.75, 3.05) is 0 Å². The van der Waals surface area contributed by atoms with Crippen LogP contribution in [0.25, 0.3) is 0 Å². The van der Waals surface area contributed by atoms with Gasteiger partial charge in [0.2, 0.25) is 0 Å². The number of nitrogens with two attached hydrogens (primary N) is 1. The second-order valence-electron chi connectivity index (χ2n) is 3.04. The minimum absolute atomic E-state index is 0.102. The van der Waals surface area contributed by atoms with Crippen molar-refractivity contribution in [3.8, 4) is 0 Å². The van der Waals surface area contributed by atoms with Gasteiger partial charge in [-0.1, -0.05) is 0 Å². The van der Waals surface area contributed by atoms with E-state index in [1.54, 1.807) is 20.8 Å². The van der Waals surface area contributed by atoms with Crippen LogP contribution in [0.3, 0.4) is 0 Å². The van der Waals surface area contributed by atoms with Crippen LogP contribution in [0.15, 0.2) is 0 Å². The Bertz CT molecular complexity index is 200. The third kappa shape index (κ3) is 4.27. The molecular formula is C5H12N2O4S. The van der Waals surface area contributed by atoms with Gasteiger partial charge in [-0.05, 0) is 20.8 Å². The molecule has 7 heteroatoms. The fourth-order valence-corrected chi connectivity index (χ4v) is 0.535. The molecule has 0 fully saturated rings. The summed E-state index contributed by atoms with van der Waals surface area (Å²) in [4.78, 5) is 10.8. The molecule has 72 valence electrons. The number of amides is 1. The summed E-state index contributed by atoms with van der Waals surface area (Å²) >= 11 is -2.54. The SMILES string of the molecule is CC(C)(C)OC(=O)N(N)S(=O)O. The lowest BCUT2D eigenvalue weighted by Gasteiger charge is -2.21. The molecule has 12 heavy (non-hydrogen) atoms. The minimum Gasteiger partial charge on any atom is -0.442 e. The molecule has 0 aliphatic heterocycles. The summed E-state index contributed by atoms with van der Waals surface area (Å²) in [6, 6.07) is 0. The largest absolute Gasteiger partial charge is 0.442 e. The van der Waals surface area contributed by atoms with Gasteiger partial charge >= 0.3 is 6.09 Å². The maximum Gasteiger partial charge on any atom is 0.439 e. The normalized spacial score (nSPS) is 13.8. The van der Waals surface area contributed by atoms with Crippen LogP contribution in [0.4, 0.5) is 4.79 Å². The number of carbonyl (C=O) groups is 1. The maximum absolute atomic E-state index is 10.8. The number of hydrazine groups is 1. The summed E-state index contributed by atoms with van der Waals surface area (Å²) < 4.78 is 23.4. The van der Waals surface area contributed by atoms with Crippen LogP contribution in [0.5, 0.6) is 0 Å². The summed E-state index contributed by atoms with van der Waals surface area (Å²) in [7, 11) is 0. The number of rotatable bonds is 1. The zero-order valence-corrected chi connectivity index (χ0v) is 7.92. The molecule has 0 aromatic rings. The highest BCUT2D eigenvalue weighted by Gasteiger charge is 2.22. The van der Waals surface area contributed by atoms with Gasteiger partial charge in [-0.3, -0.25) is 4.55 Å². The van der Waals surface area contributed by atoms with Crippen molar-refractivity contribution in [2.24, 2.45) is 5.84 Å². The molecule has 1 amide bonds. The van der Waals surface area contributed by atoms with Crippen molar-refractivity contribution in [3.05, 3.63) is 0 Å². The monoisotopic (exact) mass is 196 g/mol. The first-order valence-electron chi connectivity index (χ1n) is 3.13. The number of carbonyl (C=O) groups excluding carboxylic acids is 1. The van der Waals surface area contributed by atoms with Crippen LogP contribution in [0, 0.1) is 0 Å². The standard InChI is InChI=1S/C5H12N2O4S/c1-5(2,3)11-4(8)7(6)12(9)10/h6H2,1-3H3,(H,9,10). The summed E-state index contributed by atoms with van der Waals surface area (Å²) in [5, 5.41) is 0. The van der Waals surface area contributed by atoms with Crippen LogP contribution in [-0.4, -0.2) is 24.9 Å². The van der Waals surface area contributed by atoms with E-state index in [9.17, 15) is 9.00 Å². The van der Waals surface area contributed by atoms with Crippen molar-refractivity contribution in [2.45, 2.75) is 26.4 Å². The second-order valence-corrected chi connectivity index (χ2v) is 3.89. The fraction of sp³-hybridized carbons (Fsp3) is 0.800. The van der Waals surface area contributed by atoms with Gasteiger partial charge in [0.1, 0.15) is 5.60 Å². The summed E-state index contributed by atoms with van der Waals surface area (Å²) in [6.07, 6.45) is -1.04. The van der Waals surface area contributed by atoms with E-state index in [0.29, 0.717) is 0 Å². The zero-order chi connectivity index (χ0) is 9.94. The lowest BCUT2D eigenvalue weighted by molar-refractivity contribution is 0.0388. The lowest BCUT2D eigenvalue weighted by Crippen LogP contribution is -2.42. The molecule has 1 atom stereocenters. The van der Waals surface area contributed by atoms with Crippen molar-refractivity contribution in [3.63, 3.8) is 0 Å². The Morgan fingerprint density at radius 1 is 1.58 bits per heavy atom. The summed E-state index contributed by atoms with van der Waals surface area (Å²) in [5.41, 5.74) is -0.728. The van der Waals surface area contributed by atoms with Crippen molar-refractivity contribution in [1.29, 1.82) is 0 Å². The number of nitrogens with zero attached hydrogens (tertiary/aromatic N) is 1. The Kier molecular flexibility index (Phi) is 3.62. The molecule has 0 aliphatic rings. The molecular weight excluding hydrogens is 184 g/mol. The van der Waals surface area contributed by atoms with Crippen LogP contribution in [0.2, 0.25) is 0 Å². The molecule has 6 nitrogen and oxygen atoms in total. The molecule has 0 aromatic carbocycles. The van der Waals surface area contributed by atoms with Gasteiger partial charge in [-0.15, -0.1) is 4.41 Å². The number of hydrogen-bond donors (Lipinski definition) is 2. The molecule has 3 N–H and O–H groups in total. The van der Waals surface area contributed by atoms with Gasteiger partial charge < -0.3 is 4.74 Å². The number of ether oxygens (including phenoxy) is 1. The number of hydrogen-bond acceptors (Lipinski definition) is 4. The average Bonchev–Trinajstić information content (AvgIpc) is 1.82. The molecule has 0 saturated carbocycles. The molecule has 0 radical (unpaired) electrons. The van der Waals surface area contributed by atoms with Gasteiger partial charge in [-0.25, -0.2) is 14.8 Å². The van der Waals surface area contributed by atoms with Gasteiger partial charge in [-0.2, -0.15) is 0 Å². The quantitative estimate of drug-likeness (QED) is 0.271. The highest BCUT2D eigenvalue weighted by molar-refractivity contribution is 7.77. The van der Waals surface area contributed by atoms with E-state index in [1.165, 1.54) is 0 Å². The highest BCUT2D eigenvalue weighted by Crippen LogP contribution is 2.08. The summed E-state index contributed by atoms with van der Waals surface area (Å²) in [5.74, 6) is 4.88. The van der Waals surface area contributed by atoms with Crippen LogP contribution < -0.4 is 5.84 Å². The molecule has 1 unspecified atom stereocenters. The smallest absolute Gasteiger partial charge is 0.439 e. The predicted octanol–water partition coefficient (Wildman–Crippen LogP) is 0.234. The zero-order valence-electron chi connectivity index (χ0n) is 7.10. The molecule has 0 spiro atoms. The van der Waals surface area contributed by atoms with E-state index in [0.717, 1.165) is 0 Å². The van der Waals surface area contributed by atoms with E-state index in [2.05, 4.69) is 4.74 Å². The Balaban J connectivity index is 4.15. The van der Waals surface area contributed by atoms with Crippen LogP contribution >= 0.6 is 0 Å². The molecule has 0 aliphatic carbocycles. The maximum atomic E-state index is 10.8. The Labute approximate surface area is 73.1 Å². The van der Waals surface area contributed by atoms with E-state index in [4.69, 9.17) is 10.4 Å². The summed E-state index contributed by atoms with van der Waals surface area (Å²) in [6.45, 7) is 4.87.